The van der Waals surface area contributed by atoms with Crippen LogP contribution in [0.3, 0.4) is 0 Å². The zero-order chi connectivity index (χ0) is 11.5. The van der Waals surface area contributed by atoms with Gasteiger partial charge in [-0.05, 0) is 51.1 Å². The molecule has 3 fully saturated rings. The van der Waals surface area contributed by atoms with Crippen LogP contribution in [0, 0.1) is 5.92 Å². The standard InChI is InChI=1S/C15H28N2/c1-2-5-13(4-1)6-3-10-17-11-9-15(12-17)16-14-7-8-14/h13-16H,1-12H2. The van der Waals surface area contributed by atoms with Gasteiger partial charge in [0.15, 0.2) is 0 Å². The lowest BCUT2D eigenvalue weighted by molar-refractivity contribution is 0.307. The third kappa shape index (κ3) is 3.69. The first-order valence-corrected chi connectivity index (χ1v) is 7.88. The highest BCUT2D eigenvalue weighted by atomic mass is 15.2. The Morgan fingerprint density at radius 2 is 1.76 bits per heavy atom. The molecule has 0 bridgehead atoms. The van der Waals surface area contributed by atoms with Gasteiger partial charge in [0.1, 0.15) is 0 Å². The Balaban J connectivity index is 1.27. The van der Waals surface area contributed by atoms with Crippen LogP contribution >= 0.6 is 0 Å². The van der Waals surface area contributed by atoms with Crippen molar-refractivity contribution in [1.82, 2.24) is 10.2 Å². The molecule has 0 aromatic carbocycles. The number of nitrogens with zero attached hydrogens (tertiary/aromatic N) is 1. The molecule has 0 radical (unpaired) electrons. The smallest absolute Gasteiger partial charge is 0.0209 e. The van der Waals surface area contributed by atoms with Crippen molar-refractivity contribution >= 4 is 0 Å². The molecule has 0 amide bonds. The fourth-order valence-electron chi connectivity index (χ4n) is 3.66. The summed E-state index contributed by atoms with van der Waals surface area (Å²) < 4.78 is 0. The van der Waals surface area contributed by atoms with Crippen LogP contribution in [0.1, 0.15) is 57.8 Å². The summed E-state index contributed by atoms with van der Waals surface area (Å²) >= 11 is 0. The van der Waals surface area contributed by atoms with Crippen LogP contribution in [-0.2, 0) is 0 Å². The van der Waals surface area contributed by atoms with Crippen molar-refractivity contribution in [3.8, 4) is 0 Å². The summed E-state index contributed by atoms with van der Waals surface area (Å²) in [7, 11) is 0. The van der Waals surface area contributed by atoms with Gasteiger partial charge < -0.3 is 10.2 Å². The van der Waals surface area contributed by atoms with Crippen molar-refractivity contribution in [2.45, 2.75) is 69.9 Å². The third-order valence-corrected chi connectivity index (χ3v) is 4.88. The average Bonchev–Trinajstić information content (AvgIpc) is 2.80. The highest BCUT2D eigenvalue weighted by molar-refractivity contribution is 4.89. The van der Waals surface area contributed by atoms with E-state index in [1.54, 1.807) is 0 Å². The molecular weight excluding hydrogens is 208 g/mol. The van der Waals surface area contributed by atoms with Crippen LogP contribution in [0.25, 0.3) is 0 Å². The molecule has 0 aromatic rings. The Morgan fingerprint density at radius 3 is 2.53 bits per heavy atom. The SMILES string of the molecule is C1CCC(CCCN2CCC(NC3CC3)C2)C1. The van der Waals surface area contributed by atoms with E-state index in [1.807, 2.05) is 0 Å². The summed E-state index contributed by atoms with van der Waals surface area (Å²) in [4.78, 5) is 2.69. The molecule has 3 rings (SSSR count). The minimum absolute atomic E-state index is 0.814. The molecule has 1 N–H and O–H groups in total. The quantitative estimate of drug-likeness (QED) is 0.763. The second-order valence-corrected chi connectivity index (χ2v) is 6.52. The van der Waals surface area contributed by atoms with Gasteiger partial charge in [-0.1, -0.05) is 25.7 Å². The molecule has 2 heteroatoms. The van der Waals surface area contributed by atoms with Crippen molar-refractivity contribution in [2.75, 3.05) is 19.6 Å². The van der Waals surface area contributed by atoms with Gasteiger partial charge in [0.05, 0.1) is 0 Å². The minimum Gasteiger partial charge on any atom is -0.310 e. The second kappa shape index (κ2) is 5.71. The molecule has 1 atom stereocenters. The van der Waals surface area contributed by atoms with Gasteiger partial charge >= 0.3 is 0 Å². The Kier molecular flexibility index (Phi) is 4.02. The first-order valence-electron chi connectivity index (χ1n) is 7.88. The summed E-state index contributed by atoms with van der Waals surface area (Å²) in [5.74, 6) is 1.08. The zero-order valence-corrected chi connectivity index (χ0v) is 11.2. The van der Waals surface area contributed by atoms with E-state index < -0.39 is 0 Å². The van der Waals surface area contributed by atoms with Crippen molar-refractivity contribution in [3.63, 3.8) is 0 Å². The molecule has 17 heavy (non-hydrogen) atoms. The molecule has 0 spiro atoms. The minimum atomic E-state index is 0.814. The largest absolute Gasteiger partial charge is 0.310 e. The van der Waals surface area contributed by atoms with Gasteiger partial charge in [0.25, 0.3) is 0 Å². The Hall–Kier alpha value is -0.0800. The molecule has 2 aliphatic carbocycles. The van der Waals surface area contributed by atoms with Gasteiger partial charge in [0, 0.05) is 18.6 Å². The van der Waals surface area contributed by atoms with Crippen LogP contribution in [0.4, 0.5) is 0 Å². The number of hydrogen-bond acceptors (Lipinski definition) is 2. The maximum absolute atomic E-state index is 3.77. The maximum atomic E-state index is 3.77. The average molecular weight is 236 g/mol. The summed E-state index contributed by atoms with van der Waals surface area (Å²) in [6.07, 6.45) is 13.2. The predicted octanol–water partition coefficient (Wildman–Crippen LogP) is 2.78. The number of likely N-dealkylation sites (tertiary alicyclic amines) is 1. The first-order chi connectivity index (χ1) is 8.40. The van der Waals surface area contributed by atoms with Crippen molar-refractivity contribution in [3.05, 3.63) is 0 Å². The number of nitrogens with one attached hydrogen (secondary N) is 1. The topological polar surface area (TPSA) is 15.3 Å². The van der Waals surface area contributed by atoms with E-state index in [2.05, 4.69) is 10.2 Å². The van der Waals surface area contributed by atoms with Gasteiger partial charge in [0.2, 0.25) is 0 Å². The molecule has 2 saturated carbocycles. The van der Waals surface area contributed by atoms with Crippen LogP contribution in [0.2, 0.25) is 0 Å². The summed E-state index contributed by atoms with van der Waals surface area (Å²) in [6, 6.07) is 1.70. The van der Waals surface area contributed by atoms with Gasteiger partial charge in [-0.3, -0.25) is 0 Å². The van der Waals surface area contributed by atoms with Crippen molar-refractivity contribution < 1.29 is 0 Å². The molecule has 2 nitrogen and oxygen atoms in total. The summed E-state index contributed by atoms with van der Waals surface area (Å²) in [5, 5.41) is 3.77. The lowest BCUT2D eigenvalue weighted by atomic mass is 10.0. The third-order valence-electron chi connectivity index (χ3n) is 4.88. The fraction of sp³-hybridized carbons (Fsp3) is 1.00. The Morgan fingerprint density at radius 1 is 0.941 bits per heavy atom. The van der Waals surface area contributed by atoms with Gasteiger partial charge in [-0.25, -0.2) is 0 Å². The van der Waals surface area contributed by atoms with E-state index >= 15 is 0 Å². The fourth-order valence-corrected chi connectivity index (χ4v) is 3.66. The monoisotopic (exact) mass is 236 g/mol. The second-order valence-electron chi connectivity index (χ2n) is 6.52. The van der Waals surface area contributed by atoms with E-state index in [1.165, 1.54) is 77.4 Å². The van der Waals surface area contributed by atoms with Gasteiger partial charge in [-0.2, -0.15) is 0 Å². The van der Waals surface area contributed by atoms with E-state index in [0.29, 0.717) is 0 Å². The number of hydrogen-bond donors (Lipinski definition) is 1. The Labute approximate surface area is 106 Å². The molecule has 98 valence electrons. The highest BCUT2D eigenvalue weighted by Gasteiger charge is 2.28. The predicted molar refractivity (Wildman–Crippen MR) is 72.2 cm³/mol. The van der Waals surface area contributed by atoms with Crippen LogP contribution in [0.5, 0.6) is 0 Å². The van der Waals surface area contributed by atoms with Crippen molar-refractivity contribution in [2.24, 2.45) is 5.92 Å². The zero-order valence-electron chi connectivity index (χ0n) is 11.2. The summed E-state index contributed by atoms with van der Waals surface area (Å²) in [5.41, 5.74) is 0. The van der Waals surface area contributed by atoms with E-state index in [4.69, 9.17) is 0 Å². The Bertz CT molecular complexity index is 231. The van der Waals surface area contributed by atoms with Crippen LogP contribution in [0.15, 0.2) is 0 Å². The molecule has 0 aromatic heterocycles. The van der Waals surface area contributed by atoms with Crippen LogP contribution < -0.4 is 5.32 Å². The van der Waals surface area contributed by atoms with E-state index in [9.17, 15) is 0 Å². The lowest BCUT2D eigenvalue weighted by Crippen LogP contribution is -2.34. The van der Waals surface area contributed by atoms with Crippen molar-refractivity contribution in [1.29, 1.82) is 0 Å². The van der Waals surface area contributed by atoms with Crippen LogP contribution in [-0.4, -0.2) is 36.6 Å². The highest BCUT2D eigenvalue weighted by Crippen LogP contribution is 2.28. The lowest BCUT2D eigenvalue weighted by Gasteiger charge is -2.17. The summed E-state index contributed by atoms with van der Waals surface area (Å²) in [6.45, 7) is 4.02. The van der Waals surface area contributed by atoms with E-state index in [-0.39, 0.29) is 0 Å². The molecule has 1 heterocycles. The first kappa shape index (κ1) is 12.0. The van der Waals surface area contributed by atoms with E-state index in [0.717, 1.165) is 18.0 Å². The normalized spacial score (nSPS) is 31.4. The van der Waals surface area contributed by atoms with Gasteiger partial charge in [-0.15, -0.1) is 0 Å². The molecule has 3 aliphatic rings. The number of rotatable bonds is 6. The molecule has 1 saturated heterocycles. The molecule has 1 aliphatic heterocycles. The molecule has 1 unspecified atom stereocenters. The molecular formula is C15H28N2. The maximum Gasteiger partial charge on any atom is 0.0209 e.